The van der Waals surface area contributed by atoms with E-state index < -0.39 is 34.6 Å². The second-order valence-electron chi connectivity index (χ2n) is 6.20. The Labute approximate surface area is 163 Å². The van der Waals surface area contributed by atoms with Crippen molar-refractivity contribution < 1.29 is 22.7 Å². The van der Waals surface area contributed by atoms with Crippen LogP contribution in [0.25, 0.3) is 0 Å². The van der Waals surface area contributed by atoms with Crippen molar-refractivity contribution in [2.24, 2.45) is 5.92 Å². The maximum absolute atomic E-state index is 12.5. The molecule has 1 atom stereocenters. The number of esters is 1. The molecule has 2 aromatic carbocycles. The fourth-order valence-electron chi connectivity index (χ4n) is 2.26. The first-order chi connectivity index (χ1) is 12.7. The van der Waals surface area contributed by atoms with Gasteiger partial charge in [0.25, 0.3) is 0 Å². The SMILES string of the molecule is CC(C)[C@H](NS(=O)(=O)c1cccc(Cl)c1)C(=O)OCC(=O)c1ccccc1. The lowest BCUT2D eigenvalue weighted by Gasteiger charge is -2.20. The standard InChI is InChI=1S/C19H20ClNO5S/c1-13(2)18(21-27(24,25)16-10-6-9-15(20)11-16)19(23)26-12-17(22)14-7-4-3-5-8-14/h3-11,13,18,21H,12H2,1-2H3/t18-/m0/s1. The van der Waals surface area contributed by atoms with Crippen LogP contribution < -0.4 is 4.72 Å². The molecule has 0 unspecified atom stereocenters. The fraction of sp³-hybridized carbons (Fsp3) is 0.263. The number of nitrogens with one attached hydrogen (secondary N) is 1. The Morgan fingerprint density at radius 2 is 1.74 bits per heavy atom. The summed E-state index contributed by atoms with van der Waals surface area (Å²) in [5.74, 6) is -1.58. The number of benzene rings is 2. The Balaban J connectivity index is 2.08. The predicted molar refractivity (Wildman–Crippen MR) is 102 cm³/mol. The third kappa shape index (κ3) is 5.89. The monoisotopic (exact) mass is 409 g/mol. The van der Waals surface area contributed by atoms with E-state index in [0.29, 0.717) is 5.56 Å². The molecule has 8 heteroatoms. The minimum Gasteiger partial charge on any atom is -0.456 e. The Morgan fingerprint density at radius 1 is 1.07 bits per heavy atom. The van der Waals surface area contributed by atoms with Crippen molar-refractivity contribution in [2.75, 3.05) is 6.61 Å². The summed E-state index contributed by atoms with van der Waals surface area (Å²) in [7, 11) is -3.98. The molecule has 0 saturated heterocycles. The van der Waals surface area contributed by atoms with Crippen LogP contribution in [-0.2, 0) is 19.6 Å². The molecule has 0 amide bonds. The van der Waals surface area contributed by atoms with Crippen LogP contribution in [0.15, 0.2) is 59.5 Å². The van der Waals surface area contributed by atoms with Crippen molar-refractivity contribution in [1.29, 1.82) is 0 Å². The normalized spacial score (nSPS) is 12.6. The lowest BCUT2D eigenvalue weighted by Crippen LogP contribution is -2.45. The predicted octanol–water partition coefficient (Wildman–Crippen LogP) is 3.07. The largest absolute Gasteiger partial charge is 0.456 e. The van der Waals surface area contributed by atoms with Gasteiger partial charge in [0.05, 0.1) is 4.90 Å². The van der Waals surface area contributed by atoms with Gasteiger partial charge in [-0.05, 0) is 24.1 Å². The number of rotatable bonds is 8. The van der Waals surface area contributed by atoms with E-state index in [2.05, 4.69) is 4.72 Å². The van der Waals surface area contributed by atoms with Crippen LogP contribution in [0.1, 0.15) is 24.2 Å². The van der Waals surface area contributed by atoms with Crippen LogP contribution in [0.3, 0.4) is 0 Å². The molecule has 0 radical (unpaired) electrons. The molecule has 0 aliphatic rings. The fourth-order valence-corrected chi connectivity index (χ4v) is 3.89. The molecule has 0 fully saturated rings. The van der Waals surface area contributed by atoms with E-state index in [-0.39, 0.29) is 15.7 Å². The van der Waals surface area contributed by atoms with E-state index in [1.54, 1.807) is 50.2 Å². The summed E-state index contributed by atoms with van der Waals surface area (Å²) in [6.07, 6.45) is 0. The highest BCUT2D eigenvalue weighted by Crippen LogP contribution is 2.17. The average Bonchev–Trinajstić information content (AvgIpc) is 2.64. The average molecular weight is 410 g/mol. The minimum absolute atomic E-state index is 0.0613. The van der Waals surface area contributed by atoms with Crippen molar-refractivity contribution in [3.8, 4) is 0 Å². The summed E-state index contributed by atoms with van der Waals surface area (Å²) in [6.45, 7) is 2.88. The van der Waals surface area contributed by atoms with Crippen molar-refractivity contribution in [2.45, 2.75) is 24.8 Å². The quantitative estimate of drug-likeness (QED) is 0.534. The van der Waals surface area contributed by atoms with Crippen LogP contribution in [0, 0.1) is 5.92 Å². The maximum atomic E-state index is 12.5. The van der Waals surface area contributed by atoms with Crippen LogP contribution in [-0.4, -0.2) is 32.8 Å². The van der Waals surface area contributed by atoms with E-state index in [0.717, 1.165) is 0 Å². The van der Waals surface area contributed by atoms with Gasteiger partial charge in [-0.2, -0.15) is 4.72 Å². The number of hydrogen-bond acceptors (Lipinski definition) is 5. The highest BCUT2D eigenvalue weighted by atomic mass is 35.5. The lowest BCUT2D eigenvalue weighted by atomic mass is 10.1. The van der Waals surface area contributed by atoms with Crippen LogP contribution in [0.4, 0.5) is 0 Å². The van der Waals surface area contributed by atoms with Gasteiger partial charge in [-0.25, -0.2) is 8.42 Å². The summed E-state index contributed by atoms with van der Waals surface area (Å²) in [4.78, 5) is 24.4. The number of hydrogen-bond donors (Lipinski definition) is 1. The highest BCUT2D eigenvalue weighted by Gasteiger charge is 2.30. The number of carbonyl (C=O) groups is 2. The first-order valence-electron chi connectivity index (χ1n) is 8.23. The third-order valence-electron chi connectivity index (χ3n) is 3.75. The zero-order valence-electron chi connectivity index (χ0n) is 14.9. The van der Waals surface area contributed by atoms with Gasteiger partial charge in [-0.3, -0.25) is 9.59 Å². The Kier molecular flexibility index (Phi) is 7.12. The second kappa shape index (κ2) is 9.12. The summed E-state index contributed by atoms with van der Waals surface area (Å²) in [6, 6.07) is 12.9. The lowest BCUT2D eigenvalue weighted by molar-refractivity contribution is -0.145. The van der Waals surface area contributed by atoms with Crippen LogP contribution >= 0.6 is 11.6 Å². The Morgan fingerprint density at radius 3 is 2.33 bits per heavy atom. The molecule has 2 rings (SSSR count). The molecular formula is C19H20ClNO5S. The van der Waals surface area contributed by atoms with E-state index in [4.69, 9.17) is 16.3 Å². The molecule has 0 aliphatic heterocycles. The maximum Gasteiger partial charge on any atom is 0.324 e. The van der Waals surface area contributed by atoms with Gasteiger partial charge in [0.15, 0.2) is 12.4 Å². The molecule has 0 heterocycles. The molecule has 27 heavy (non-hydrogen) atoms. The molecule has 6 nitrogen and oxygen atoms in total. The van der Waals surface area contributed by atoms with Gasteiger partial charge in [0.1, 0.15) is 6.04 Å². The molecule has 2 aromatic rings. The summed E-state index contributed by atoms with van der Waals surface area (Å²) in [5.41, 5.74) is 0.408. The first-order valence-corrected chi connectivity index (χ1v) is 10.1. The smallest absolute Gasteiger partial charge is 0.324 e. The number of carbonyl (C=O) groups excluding carboxylic acids is 2. The molecular weight excluding hydrogens is 390 g/mol. The number of Topliss-reactive ketones (excluding diaryl/α,β-unsaturated/α-hetero) is 1. The first kappa shape index (κ1) is 21.1. The van der Waals surface area contributed by atoms with Crippen LogP contribution in [0.2, 0.25) is 5.02 Å². The van der Waals surface area contributed by atoms with E-state index in [1.165, 1.54) is 18.2 Å². The highest BCUT2D eigenvalue weighted by molar-refractivity contribution is 7.89. The molecule has 0 saturated carbocycles. The van der Waals surface area contributed by atoms with Gasteiger partial charge >= 0.3 is 5.97 Å². The van der Waals surface area contributed by atoms with E-state index in [9.17, 15) is 18.0 Å². The minimum atomic E-state index is -3.98. The van der Waals surface area contributed by atoms with Gasteiger partial charge in [-0.15, -0.1) is 0 Å². The topological polar surface area (TPSA) is 89.5 Å². The van der Waals surface area contributed by atoms with Gasteiger partial charge in [0.2, 0.25) is 10.0 Å². The zero-order valence-corrected chi connectivity index (χ0v) is 16.5. The van der Waals surface area contributed by atoms with Gasteiger partial charge in [-0.1, -0.05) is 61.8 Å². The van der Waals surface area contributed by atoms with Crippen molar-refractivity contribution in [1.82, 2.24) is 4.72 Å². The van der Waals surface area contributed by atoms with Crippen molar-refractivity contribution in [3.05, 3.63) is 65.2 Å². The number of halogens is 1. The number of ether oxygens (including phenoxy) is 1. The number of ketones is 1. The molecule has 0 bridgehead atoms. The van der Waals surface area contributed by atoms with Crippen molar-refractivity contribution >= 4 is 33.4 Å². The van der Waals surface area contributed by atoms with Gasteiger partial charge in [0, 0.05) is 10.6 Å². The van der Waals surface area contributed by atoms with Crippen molar-refractivity contribution in [3.63, 3.8) is 0 Å². The Hall–Kier alpha value is -2.22. The molecule has 0 spiro atoms. The molecule has 0 aliphatic carbocycles. The molecule has 0 aromatic heterocycles. The third-order valence-corrected chi connectivity index (χ3v) is 5.42. The molecule has 1 N–H and O–H groups in total. The second-order valence-corrected chi connectivity index (χ2v) is 8.35. The summed E-state index contributed by atoms with van der Waals surface area (Å²) in [5, 5.41) is 0.259. The van der Waals surface area contributed by atoms with E-state index in [1.807, 2.05) is 0 Å². The molecule has 144 valence electrons. The number of sulfonamides is 1. The Bertz CT molecular complexity index is 913. The zero-order chi connectivity index (χ0) is 20.0. The van der Waals surface area contributed by atoms with Crippen LogP contribution in [0.5, 0.6) is 0 Å². The summed E-state index contributed by atoms with van der Waals surface area (Å²) >= 11 is 5.83. The van der Waals surface area contributed by atoms with E-state index >= 15 is 0 Å². The van der Waals surface area contributed by atoms with Gasteiger partial charge < -0.3 is 4.74 Å². The summed E-state index contributed by atoms with van der Waals surface area (Å²) < 4.78 is 32.4.